The maximum Gasteiger partial charge on any atom is 0.0640 e. The average Bonchev–Trinajstić information content (AvgIpc) is 2.75. The van der Waals surface area contributed by atoms with Gasteiger partial charge in [0.25, 0.3) is 0 Å². The van der Waals surface area contributed by atoms with Crippen molar-refractivity contribution in [2.75, 3.05) is 11.9 Å². The van der Waals surface area contributed by atoms with Crippen molar-refractivity contribution < 1.29 is 5.11 Å². The number of nitrogens with zero attached hydrogens (tertiary/aromatic N) is 2. The lowest BCUT2D eigenvalue weighted by Crippen LogP contribution is -2.02. The minimum absolute atomic E-state index is 0.116. The second-order valence-electron chi connectivity index (χ2n) is 3.70. The quantitative estimate of drug-likeness (QED) is 0.818. The number of benzene rings is 1. The molecule has 2 rings (SSSR count). The van der Waals surface area contributed by atoms with E-state index in [0.717, 1.165) is 17.8 Å². The van der Waals surface area contributed by atoms with Gasteiger partial charge in [-0.2, -0.15) is 5.10 Å². The van der Waals surface area contributed by atoms with Crippen molar-refractivity contribution >= 4 is 28.3 Å². The number of nitrogens with one attached hydrogen (secondary N) is 1. The molecular weight excluding hydrogens is 329 g/mol. The van der Waals surface area contributed by atoms with Gasteiger partial charge in [0, 0.05) is 27.6 Å². The van der Waals surface area contributed by atoms with Crippen LogP contribution in [0.1, 0.15) is 5.56 Å². The van der Waals surface area contributed by atoms with Crippen molar-refractivity contribution in [3.05, 3.63) is 45.8 Å². The molecule has 90 valence electrons. The fourth-order valence-corrected chi connectivity index (χ4v) is 2.07. The highest BCUT2D eigenvalue weighted by Crippen LogP contribution is 2.13. The molecule has 5 heteroatoms. The molecule has 1 heterocycles. The molecule has 0 saturated heterocycles. The molecule has 0 amide bonds. The van der Waals surface area contributed by atoms with Gasteiger partial charge in [0.05, 0.1) is 19.3 Å². The van der Waals surface area contributed by atoms with E-state index < -0.39 is 0 Å². The zero-order valence-corrected chi connectivity index (χ0v) is 11.5. The molecule has 2 N–H and O–H groups in total. The summed E-state index contributed by atoms with van der Waals surface area (Å²) in [6, 6.07) is 8.23. The zero-order chi connectivity index (χ0) is 12.1. The van der Waals surface area contributed by atoms with Gasteiger partial charge in [-0.3, -0.25) is 4.68 Å². The molecule has 0 fully saturated rings. The number of aliphatic hydroxyl groups is 1. The Kier molecular flexibility index (Phi) is 4.38. The van der Waals surface area contributed by atoms with Gasteiger partial charge in [0.15, 0.2) is 0 Å². The number of rotatable bonds is 5. The van der Waals surface area contributed by atoms with E-state index >= 15 is 0 Å². The number of aromatic nitrogens is 2. The Hall–Kier alpha value is -1.08. The second kappa shape index (κ2) is 6.02. The lowest BCUT2D eigenvalue weighted by Gasteiger charge is -2.04. The molecule has 0 unspecified atom stereocenters. The normalized spacial score (nSPS) is 10.5. The van der Waals surface area contributed by atoms with Gasteiger partial charge in [0.1, 0.15) is 0 Å². The third kappa shape index (κ3) is 3.71. The number of halogens is 1. The Bertz CT molecular complexity index is 484. The van der Waals surface area contributed by atoms with Crippen molar-refractivity contribution in [1.82, 2.24) is 9.78 Å². The summed E-state index contributed by atoms with van der Waals surface area (Å²) in [7, 11) is 0. The smallest absolute Gasteiger partial charge is 0.0640 e. The lowest BCUT2D eigenvalue weighted by molar-refractivity contribution is 0.269. The summed E-state index contributed by atoms with van der Waals surface area (Å²) >= 11 is 2.29. The highest BCUT2D eigenvalue weighted by molar-refractivity contribution is 14.1. The van der Waals surface area contributed by atoms with Crippen LogP contribution in [0.15, 0.2) is 36.7 Å². The topological polar surface area (TPSA) is 50.1 Å². The van der Waals surface area contributed by atoms with Gasteiger partial charge in [-0.1, -0.05) is 6.07 Å². The molecule has 0 aliphatic carbocycles. The minimum atomic E-state index is 0.116. The first kappa shape index (κ1) is 12.4. The maximum atomic E-state index is 8.79. The molecule has 0 aliphatic heterocycles. The van der Waals surface area contributed by atoms with Crippen molar-refractivity contribution in [1.29, 1.82) is 0 Å². The third-order valence-electron chi connectivity index (χ3n) is 2.34. The summed E-state index contributed by atoms with van der Waals surface area (Å²) in [6.45, 7) is 1.40. The molecule has 0 spiro atoms. The summed E-state index contributed by atoms with van der Waals surface area (Å²) in [5, 5.41) is 16.3. The molecular formula is C12H14IN3O. The second-order valence-corrected chi connectivity index (χ2v) is 4.94. The minimum Gasteiger partial charge on any atom is -0.394 e. The van der Waals surface area contributed by atoms with E-state index in [4.69, 9.17) is 5.11 Å². The molecule has 0 bridgehead atoms. The molecule has 0 aliphatic rings. The van der Waals surface area contributed by atoms with Gasteiger partial charge in [0.2, 0.25) is 0 Å². The van der Waals surface area contributed by atoms with Gasteiger partial charge in [-0.25, -0.2) is 0 Å². The summed E-state index contributed by atoms with van der Waals surface area (Å²) < 4.78 is 2.95. The monoisotopic (exact) mass is 343 g/mol. The summed E-state index contributed by atoms with van der Waals surface area (Å²) in [5.41, 5.74) is 2.21. The van der Waals surface area contributed by atoms with Crippen LogP contribution in [0.2, 0.25) is 0 Å². The number of hydrogen-bond donors (Lipinski definition) is 2. The summed E-state index contributed by atoms with van der Waals surface area (Å²) in [5.74, 6) is 0. The van der Waals surface area contributed by atoms with Crippen molar-refractivity contribution in [2.24, 2.45) is 0 Å². The summed E-state index contributed by atoms with van der Waals surface area (Å²) in [4.78, 5) is 0. The average molecular weight is 343 g/mol. The van der Waals surface area contributed by atoms with Crippen molar-refractivity contribution in [3.8, 4) is 0 Å². The predicted molar refractivity (Wildman–Crippen MR) is 75.8 cm³/mol. The van der Waals surface area contributed by atoms with Gasteiger partial charge in [-0.05, 0) is 40.8 Å². The molecule has 2 aromatic rings. The number of anilines is 1. The highest BCUT2D eigenvalue weighted by Gasteiger charge is 1.98. The molecule has 0 radical (unpaired) electrons. The first-order valence-corrected chi connectivity index (χ1v) is 6.47. The van der Waals surface area contributed by atoms with Crippen LogP contribution in [-0.4, -0.2) is 21.5 Å². The number of hydrogen-bond acceptors (Lipinski definition) is 3. The first-order valence-electron chi connectivity index (χ1n) is 5.39. The summed E-state index contributed by atoms with van der Waals surface area (Å²) in [6.07, 6.45) is 3.76. The van der Waals surface area contributed by atoms with E-state index in [1.54, 1.807) is 4.68 Å². The Morgan fingerprint density at radius 3 is 3.06 bits per heavy atom. The van der Waals surface area contributed by atoms with E-state index in [9.17, 15) is 0 Å². The Labute approximate surface area is 114 Å². The lowest BCUT2D eigenvalue weighted by atomic mass is 10.3. The van der Waals surface area contributed by atoms with E-state index in [1.165, 1.54) is 3.57 Å². The molecule has 4 nitrogen and oxygen atoms in total. The van der Waals surface area contributed by atoms with Crippen LogP contribution in [0.3, 0.4) is 0 Å². The zero-order valence-electron chi connectivity index (χ0n) is 9.31. The molecule has 17 heavy (non-hydrogen) atoms. The van der Waals surface area contributed by atoms with Crippen LogP contribution < -0.4 is 5.32 Å². The maximum absolute atomic E-state index is 8.79. The van der Waals surface area contributed by atoms with Crippen LogP contribution in [0, 0.1) is 3.57 Å². The van der Waals surface area contributed by atoms with Gasteiger partial charge < -0.3 is 10.4 Å². The van der Waals surface area contributed by atoms with Crippen LogP contribution in [0.5, 0.6) is 0 Å². The highest BCUT2D eigenvalue weighted by atomic mass is 127. The SMILES string of the molecule is OCCn1cc(CNc2cccc(I)c2)cn1. The first-order chi connectivity index (χ1) is 8.28. The Morgan fingerprint density at radius 2 is 2.29 bits per heavy atom. The number of aliphatic hydroxyl groups excluding tert-OH is 1. The van der Waals surface area contributed by atoms with E-state index in [-0.39, 0.29) is 6.61 Å². The van der Waals surface area contributed by atoms with Crippen LogP contribution >= 0.6 is 22.6 Å². The predicted octanol–water partition coefficient (Wildman–Crippen LogP) is 2.09. The molecule has 0 saturated carbocycles. The van der Waals surface area contributed by atoms with Crippen LogP contribution in [0.4, 0.5) is 5.69 Å². The van der Waals surface area contributed by atoms with E-state index in [2.05, 4.69) is 45.1 Å². The fourth-order valence-electron chi connectivity index (χ4n) is 1.52. The van der Waals surface area contributed by atoms with E-state index in [0.29, 0.717) is 6.54 Å². The fraction of sp³-hybridized carbons (Fsp3) is 0.250. The van der Waals surface area contributed by atoms with Crippen LogP contribution in [-0.2, 0) is 13.1 Å². The van der Waals surface area contributed by atoms with Gasteiger partial charge >= 0.3 is 0 Å². The van der Waals surface area contributed by atoms with Crippen molar-refractivity contribution in [2.45, 2.75) is 13.1 Å². The largest absolute Gasteiger partial charge is 0.394 e. The molecule has 1 aromatic heterocycles. The standard InChI is InChI=1S/C12H14IN3O/c13-11-2-1-3-12(6-11)14-7-10-8-15-16(9-10)4-5-17/h1-3,6,8-9,14,17H,4-5,7H2. The van der Waals surface area contributed by atoms with Crippen molar-refractivity contribution in [3.63, 3.8) is 0 Å². The van der Waals surface area contributed by atoms with Crippen LogP contribution in [0.25, 0.3) is 0 Å². The molecule has 0 atom stereocenters. The Morgan fingerprint density at radius 1 is 1.41 bits per heavy atom. The Balaban J connectivity index is 1.93. The molecule has 1 aromatic carbocycles. The van der Waals surface area contributed by atoms with E-state index in [1.807, 2.05) is 24.5 Å². The third-order valence-corrected chi connectivity index (χ3v) is 3.01. The van der Waals surface area contributed by atoms with Gasteiger partial charge in [-0.15, -0.1) is 0 Å².